The first kappa shape index (κ1) is 8.33. The van der Waals surface area contributed by atoms with Crippen LogP contribution in [0, 0.1) is 0 Å². The van der Waals surface area contributed by atoms with Gasteiger partial charge in [-0.1, -0.05) is 29.0 Å². The Morgan fingerprint density at radius 3 is 2.64 bits per heavy atom. The normalized spacial score (nSPS) is 8.73. The van der Waals surface area contributed by atoms with Gasteiger partial charge in [0.2, 0.25) is 0 Å². The molecule has 0 amide bonds. The van der Waals surface area contributed by atoms with Crippen molar-refractivity contribution >= 4 is 21.8 Å². The Morgan fingerprint density at radius 1 is 1.27 bits per heavy atom. The standard InChI is InChI=1S/C6H5N3S2/c7-8-9-11-10-6-4-2-1-3-5-6/h1-5H. The molecule has 0 unspecified atom stereocenters. The van der Waals surface area contributed by atoms with Crippen LogP contribution in [0.1, 0.15) is 0 Å². The molecule has 0 aliphatic heterocycles. The first-order valence-electron chi connectivity index (χ1n) is 2.86. The van der Waals surface area contributed by atoms with Crippen molar-refractivity contribution < 1.29 is 0 Å². The summed E-state index contributed by atoms with van der Waals surface area (Å²) in [5, 5.41) is 0. The maximum absolute atomic E-state index is 7.97. The zero-order valence-corrected chi connectivity index (χ0v) is 7.18. The maximum atomic E-state index is 7.97. The van der Waals surface area contributed by atoms with Crippen molar-refractivity contribution in [2.45, 2.75) is 4.90 Å². The molecule has 56 valence electrons. The van der Waals surface area contributed by atoms with Crippen LogP contribution in [0.4, 0.5) is 0 Å². The molecule has 0 spiro atoms. The van der Waals surface area contributed by atoms with E-state index in [0.29, 0.717) is 0 Å². The minimum absolute atomic E-state index is 1.09. The van der Waals surface area contributed by atoms with Crippen LogP contribution in [0.3, 0.4) is 0 Å². The Morgan fingerprint density at radius 2 is 2.00 bits per heavy atom. The van der Waals surface area contributed by atoms with Crippen LogP contribution in [-0.2, 0) is 0 Å². The second-order valence-electron chi connectivity index (χ2n) is 1.64. The largest absolute Gasteiger partial charge is 0.0622 e. The van der Waals surface area contributed by atoms with Gasteiger partial charge >= 0.3 is 0 Å². The highest BCUT2D eigenvalue weighted by molar-refractivity contribution is 8.76. The summed E-state index contributed by atoms with van der Waals surface area (Å²) in [6, 6.07) is 9.76. The van der Waals surface area contributed by atoms with Crippen LogP contribution in [0.25, 0.3) is 10.4 Å². The molecule has 1 aromatic carbocycles. The lowest BCUT2D eigenvalue weighted by Gasteiger charge is -1.92. The van der Waals surface area contributed by atoms with E-state index in [9.17, 15) is 0 Å². The molecule has 0 heterocycles. The SMILES string of the molecule is [N-]=[N+]=NSSc1ccccc1. The van der Waals surface area contributed by atoms with E-state index in [1.165, 1.54) is 10.8 Å². The monoisotopic (exact) mass is 183 g/mol. The van der Waals surface area contributed by atoms with Crippen molar-refractivity contribution in [2.24, 2.45) is 4.52 Å². The van der Waals surface area contributed by atoms with Gasteiger partial charge in [-0.2, -0.15) is 0 Å². The molecule has 0 radical (unpaired) electrons. The van der Waals surface area contributed by atoms with E-state index < -0.39 is 0 Å². The first-order valence-corrected chi connectivity index (χ1v) is 4.97. The number of hydrogen-bond donors (Lipinski definition) is 0. The molecule has 0 saturated heterocycles. The average Bonchev–Trinajstić information content (AvgIpc) is 2.07. The molecular weight excluding hydrogens is 178 g/mol. The second-order valence-corrected chi connectivity index (χ2v) is 3.54. The third-order valence-corrected chi connectivity index (χ3v) is 2.63. The van der Waals surface area contributed by atoms with E-state index in [1.54, 1.807) is 0 Å². The molecular formula is C6H5N3S2. The molecule has 0 fully saturated rings. The molecule has 0 atom stereocenters. The summed E-state index contributed by atoms with van der Waals surface area (Å²) in [7, 11) is 2.57. The lowest BCUT2D eigenvalue weighted by Crippen LogP contribution is -1.61. The van der Waals surface area contributed by atoms with Crippen LogP contribution in [0.15, 0.2) is 39.7 Å². The van der Waals surface area contributed by atoms with Crippen LogP contribution in [0.2, 0.25) is 0 Å². The summed E-state index contributed by atoms with van der Waals surface area (Å²) in [4.78, 5) is 3.71. The molecule has 5 heteroatoms. The van der Waals surface area contributed by atoms with Crippen molar-refractivity contribution in [2.75, 3.05) is 0 Å². The third-order valence-electron chi connectivity index (χ3n) is 0.947. The summed E-state index contributed by atoms with van der Waals surface area (Å²) in [5.74, 6) is 0. The topological polar surface area (TPSA) is 48.8 Å². The Bertz CT molecular complexity index is 256. The molecule has 0 N–H and O–H groups in total. The van der Waals surface area contributed by atoms with E-state index in [1.807, 2.05) is 30.3 Å². The lowest BCUT2D eigenvalue weighted by molar-refractivity contribution is 1.48. The third kappa shape index (κ3) is 3.23. The quantitative estimate of drug-likeness (QED) is 0.236. The van der Waals surface area contributed by atoms with E-state index in [2.05, 4.69) is 9.43 Å². The molecule has 1 rings (SSSR count). The Kier molecular flexibility index (Phi) is 3.75. The fraction of sp³-hybridized carbons (Fsp3) is 0. The van der Waals surface area contributed by atoms with E-state index in [-0.39, 0.29) is 0 Å². The molecule has 0 aromatic heterocycles. The van der Waals surface area contributed by atoms with Crippen LogP contribution >= 0.6 is 21.8 Å². The smallest absolute Gasteiger partial charge is 0.0185 e. The minimum atomic E-state index is 1.09. The van der Waals surface area contributed by atoms with Gasteiger partial charge in [0.1, 0.15) is 0 Å². The highest BCUT2D eigenvalue weighted by atomic mass is 33.1. The highest BCUT2D eigenvalue weighted by Crippen LogP contribution is 2.31. The molecule has 0 aliphatic carbocycles. The van der Waals surface area contributed by atoms with E-state index >= 15 is 0 Å². The van der Waals surface area contributed by atoms with Crippen molar-refractivity contribution in [3.05, 3.63) is 40.8 Å². The lowest BCUT2D eigenvalue weighted by atomic mass is 10.4. The van der Waals surface area contributed by atoms with Crippen molar-refractivity contribution in [3.63, 3.8) is 0 Å². The summed E-state index contributed by atoms with van der Waals surface area (Å²) >= 11 is 0. The zero-order valence-electron chi connectivity index (χ0n) is 5.54. The van der Waals surface area contributed by atoms with Crippen molar-refractivity contribution in [1.82, 2.24) is 0 Å². The predicted octanol–water partition coefficient (Wildman–Crippen LogP) is 3.65. The number of nitrogens with zero attached hydrogens (tertiary/aromatic N) is 3. The fourth-order valence-electron chi connectivity index (χ4n) is 0.551. The van der Waals surface area contributed by atoms with E-state index in [0.717, 1.165) is 15.9 Å². The Hall–Kier alpha value is -0.770. The van der Waals surface area contributed by atoms with Crippen LogP contribution < -0.4 is 0 Å². The average molecular weight is 183 g/mol. The Balaban J connectivity index is 2.45. The van der Waals surface area contributed by atoms with Gasteiger partial charge in [-0.15, -0.1) is 0 Å². The molecule has 3 nitrogen and oxygen atoms in total. The van der Waals surface area contributed by atoms with Gasteiger partial charge in [0.05, 0.1) is 0 Å². The van der Waals surface area contributed by atoms with Gasteiger partial charge < -0.3 is 0 Å². The number of hydrogen-bond acceptors (Lipinski definition) is 3. The molecule has 0 bridgehead atoms. The van der Waals surface area contributed by atoms with Crippen LogP contribution in [-0.4, -0.2) is 0 Å². The summed E-state index contributed by atoms with van der Waals surface area (Å²) in [5.41, 5.74) is 7.97. The van der Waals surface area contributed by atoms with Gasteiger partial charge in [-0.05, 0) is 22.2 Å². The van der Waals surface area contributed by atoms with Crippen molar-refractivity contribution in [1.29, 1.82) is 0 Å². The molecule has 0 aliphatic rings. The van der Waals surface area contributed by atoms with Gasteiger partial charge in [0.15, 0.2) is 0 Å². The predicted molar refractivity (Wildman–Crippen MR) is 49.0 cm³/mol. The minimum Gasteiger partial charge on any atom is -0.0622 e. The van der Waals surface area contributed by atoms with E-state index in [4.69, 9.17) is 5.53 Å². The number of azide groups is 1. The zero-order chi connectivity index (χ0) is 7.94. The molecule has 1 aromatic rings. The number of benzene rings is 1. The Labute approximate surface area is 72.3 Å². The van der Waals surface area contributed by atoms with Gasteiger partial charge in [0, 0.05) is 20.8 Å². The second kappa shape index (κ2) is 4.96. The summed E-state index contributed by atoms with van der Waals surface area (Å²) in [6.45, 7) is 0. The summed E-state index contributed by atoms with van der Waals surface area (Å²) < 4.78 is 3.33. The molecule has 11 heavy (non-hydrogen) atoms. The van der Waals surface area contributed by atoms with Crippen molar-refractivity contribution in [3.8, 4) is 0 Å². The maximum Gasteiger partial charge on any atom is 0.0185 e. The summed E-state index contributed by atoms with van der Waals surface area (Å²) in [6.07, 6.45) is 0. The van der Waals surface area contributed by atoms with Crippen LogP contribution in [0.5, 0.6) is 0 Å². The molecule has 0 saturated carbocycles. The number of rotatable bonds is 3. The first-order chi connectivity index (χ1) is 5.43. The highest BCUT2D eigenvalue weighted by Gasteiger charge is 1.88. The fourth-order valence-corrected chi connectivity index (χ4v) is 1.75. The van der Waals surface area contributed by atoms with Gasteiger partial charge in [0.25, 0.3) is 0 Å². The van der Waals surface area contributed by atoms with Gasteiger partial charge in [-0.3, -0.25) is 0 Å². The van der Waals surface area contributed by atoms with Gasteiger partial charge in [-0.25, -0.2) is 0 Å².